The molecular formula is C23H20N4O5S2. The Morgan fingerprint density at radius 2 is 1.76 bits per heavy atom. The third kappa shape index (κ3) is 4.72. The van der Waals surface area contributed by atoms with E-state index in [-0.39, 0.29) is 16.8 Å². The lowest BCUT2D eigenvalue weighted by Gasteiger charge is -2.21. The van der Waals surface area contributed by atoms with Crippen molar-refractivity contribution in [3.8, 4) is 11.5 Å². The maximum absolute atomic E-state index is 13.3. The van der Waals surface area contributed by atoms with Crippen LogP contribution >= 0.6 is 11.7 Å². The van der Waals surface area contributed by atoms with Crippen molar-refractivity contribution in [1.29, 1.82) is 0 Å². The maximum Gasteiger partial charge on any atom is 0.243 e. The number of carbonyl (C=O) groups excluding carboxylic acids is 1. The van der Waals surface area contributed by atoms with E-state index in [1.54, 1.807) is 30.3 Å². The highest BCUT2D eigenvalue weighted by molar-refractivity contribution is 7.89. The van der Waals surface area contributed by atoms with Crippen LogP contribution in [0, 0.1) is 0 Å². The molecule has 1 aromatic heterocycles. The van der Waals surface area contributed by atoms with Gasteiger partial charge in [0.25, 0.3) is 0 Å². The van der Waals surface area contributed by atoms with Crippen LogP contribution in [-0.2, 0) is 21.2 Å². The van der Waals surface area contributed by atoms with Gasteiger partial charge in [-0.1, -0.05) is 36.4 Å². The number of nitrogens with one attached hydrogen (secondary N) is 2. The van der Waals surface area contributed by atoms with E-state index in [4.69, 9.17) is 9.47 Å². The molecular weight excluding hydrogens is 476 g/mol. The van der Waals surface area contributed by atoms with Crippen LogP contribution in [0.1, 0.15) is 5.56 Å². The molecule has 0 spiro atoms. The van der Waals surface area contributed by atoms with Crippen molar-refractivity contribution in [1.82, 2.24) is 13.5 Å². The summed E-state index contributed by atoms with van der Waals surface area (Å²) in [5.74, 6) is 0.607. The summed E-state index contributed by atoms with van der Waals surface area (Å²) >= 11 is 0.930. The molecule has 3 aromatic carbocycles. The lowest BCUT2D eigenvalue weighted by atomic mass is 10.1. The zero-order chi connectivity index (χ0) is 23.5. The number of hydrogen-bond donors (Lipinski definition) is 2. The number of anilines is 1. The second-order valence-electron chi connectivity index (χ2n) is 7.60. The van der Waals surface area contributed by atoms with E-state index >= 15 is 0 Å². The Morgan fingerprint density at radius 1 is 0.971 bits per heavy atom. The molecule has 1 aliphatic rings. The van der Waals surface area contributed by atoms with Gasteiger partial charge in [-0.3, -0.25) is 4.79 Å². The zero-order valence-corrected chi connectivity index (χ0v) is 19.4. The molecule has 2 heterocycles. The topological polar surface area (TPSA) is 120 Å². The first kappa shape index (κ1) is 22.3. The Kier molecular flexibility index (Phi) is 6.14. The molecule has 0 fully saturated rings. The van der Waals surface area contributed by atoms with Crippen LogP contribution in [0.15, 0.2) is 71.6 Å². The smallest absolute Gasteiger partial charge is 0.243 e. The van der Waals surface area contributed by atoms with Crippen molar-refractivity contribution in [2.75, 3.05) is 18.5 Å². The normalized spacial score (nSPS) is 14.0. The first-order chi connectivity index (χ1) is 16.5. The van der Waals surface area contributed by atoms with Gasteiger partial charge in [0.15, 0.2) is 11.5 Å². The fraction of sp³-hybridized carbons (Fsp3) is 0.174. The predicted octanol–water partition coefficient (Wildman–Crippen LogP) is 2.99. The highest BCUT2D eigenvalue weighted by Gasteiger charge is 2.28. The predicted molar refractivity (Wildman–Crippen MR) is 128 cm³/mol. The summed E-state index contributed by atoms with van der Waals surface area (Å²) in [6.07, 6.45) is 0.155. The van der Waals surface area contributed by atoms with E-state index in [1.165, 1.54) is 6.07 Å². The van der Waals surface area contributed by atoms with Crippen LogP contribution in [0.2, 0.25) is 0 Å². The van der Waals surface area contributed by atoms with Gasteiger partial charge in [0.1, 0.15) is 35.2 Å². The van der Waals surface area contributed by atoms with E-state index in [1.807, 2.05) is 30.3 Å². The Bertz CT molecular complexity index is 1440. The first-order valence-electron chi connectivity index (χ1n) is 10.5. The van der Waals surface area contributed by atoms with Gasteiger partial charge in [0.05, 0.1) is 11.7 Å². The summed E-state index contributed by atoms with van der Waals surface area (Å²) in [6, 6.07) is 17.9. The van der Waals surface area contributed by atoms with Gasteiger partial charge in [-0.2, -0.15) is 13.5 Å². The highest BCUT2D eigenvalue weighted by atomic mass is 32.2. The second-order valence-corrected chi connectivity index (χ2v) is 9.81. The third-order valence-electron chi connectivity index (χ3n) is 5.24. The number of aromatic nitrogens is 2. The van der Waals surface area contributed by atoms with E-state index in [2.05, 4.69) is 18.8 Å². The van der Waals surface area contributed by atoms with Crippen molar-refractivity contribution in [3.63, 3.8) is 0 Å². The van der Waals surface area contributed by atoms with Gasteiger partial charge in [-0.25, -0.2) is 8.42 Å². The third-order valence-corrected chi connectivity index (χ3v) is 7.29. The second kappa shape index (κ2) is 9.37. The minimum atomic E-state index is -4.08. The molecule has 9 nitrogen and oxygen atoms in total. The number of nitrogens with zero attached hydrogens (tertiary/aromatic N) is 2. The van der Waals surface area contributed by atoms with Gasteiger partial charge in [0, 0.05) is 11.8 Å². The summed E-state index contributed by atoms with van der Waals surface area (Å²) in [5, 5.41) is 2.79. The fourth-order valence-corrected chi connectivity index (χ4v) is 5.60. The average molecular weight is 497 g/mol. The minimum Gasteiger partial charge on any atom is -0.486 e. The van der Waals surface area contributed by atoms with Gasteiger partial charge in [-0.05, 0) is 36.2 Å². The molecule has 0 saturated heterocycles. The van der Waals surface area contributed by atoms with Gasteiger partial charge >= 0.3 is 0 Å². The summed E-state index contributed by atoms with van der Waals surface area (Å²) < 4.78 is 48.5. The average Bonchev–Trinajstić information content (AvgIpc) is 3.33. The number of sulfonamides is 1. The van der Waals surface area contributed by atoms with Crippen LogP contribution in [0.4, 0.5) is 5.69 Å². The molecule has 0 bridgehead atoms. The molecule has 1 amide bonds. The van der Waals surface area contributed by atoms with E-state index in [9.17, 15) is 13.2 Å². The number of fused-ring (bicyclic) bond motifs is 2. The summed E-state index contributed by atoms with van der Waals surface area (Å²) in [7, 11) is -4.08. The van der Waals surface area contributed by atoms with E-state index in [0.717, 1.165) is 17.3 Å². The van der Waals surface area contributed by atoms with Gasteiger partial charge in [0.2, 0.25) is 15.9 Å². The Hall–Kier alpha value is -3.54. The van der Waals surface area contributed by atoms with Crippen molar-refractivity contribution < 1.29 is 22.7 Å². The highest BCUT2D eigenvalue weighted by Crippen LogP contribution is 2.32. The van der Waals surface area contributed by atoms with Crippen molar-refractivity contribution >= 4 is 44.4 Å². The lowest BCUT2D eigenvalue weighted by molar-refractivity contribution is -0.117. The van der Waals surface area contributed by atoms with Crippen LogP contribution in [0.25, 0.3) is 11.0 Å². The number of carbonyl (C=O) groups is 1. The number of rotatable bonds is 7. The van der Waals surface area contributed by atoms with Crippen LogP contribution in [0.3, 0.4) is 0 Å². The molecule has 174 valence electrons. The maximum atomic E-state index is 13.3. The molecule has 0 aliphatic carbocycles. The molecule has 0 saturated carbocycles. The van der Waals surface area contributed by atoms with Crippen molar-refractivity contribution in [3.05, 3.63) is 72.3 Å². The van der Waals surface area contributed by atoms with E-state index < -0.39 is 22.0 Å². The summed E-state index contributed by atoms with van der Waals surface area (Å²) in [5.41, 5.74) is 2.03. The summed E-state index contributed by atoms with van der Waals surface area (Å²) in [6.45, 7) is 0.874. The van der Waals surface area contributed by atoms with Crippen LogP contribution < -0.4 is 19.5 Å². The SMILES string of the molecule is O=C(Nc1ccc2c(c1)OCCO2)[C@@H](Cc1ccccc1)NS(=O)(=O)c1cccc2nsnc12. The summed E-state index contributed by atoms with van der Waals surface area (Å²) in [4.78, 5) is 13.2. The Balaban J connectivity index is 1.43. The van der Waals surface area contributed by atoms with Crippen molar-refractivity contribution in [2.45, 2.75) is 17.4 Å². The monoisotopic (exact) mass is 496 g/mol. The Labute approximate surface area is 200 Å². The van der Waals surface area contributed by atoms with Gasteiger partial charge in [-0.15, -0.1) is 0 Å². The van der Waals surface area contributed by atoms with E-state index in [0.29, 0.717) is 35.9 Å². The van der Waals surface area contributed by atoms with Gasteiger partial charge < -0.3 is 14.8 Å². The number of ether oxygens (including phenoxy) is 2. The molecule has 0 unspecified atom stereocenters. The molecule has 0 radical (unpaired) electrons. The largest absolute Gasteiger partial charge is 0.486 e. The number of benzene rings is 3. The molecule has 5 rings (SSSR count). The standard InChI is InChI=1S/C23H20N4O5S2/c28-23(24-16-9-10-19-20(14-16)32-12-11-31-19)18(13-15-5-2-1-3-6-15)27-34(29,30)21-8-4-7-17-22(21)26-33-25-17/h1-10,14,18,27H,11-13H2,(H,24,28)/t18-/m1/s1. The number of hydrogen-bond acceptors (Lipinski definition) is 8. The molecule has 2 N–H and O–H groups in total. The first-order valence-corrected chi connectivity index (χ1v) is 12.7. The molecule has 34 heavy (non-hydrogen) atoms. The fourth-order valence-electron chi connectivity index (χ4n) is 3.64. The van der Waals surface area contributed by atoms with Crippen molar-refractivity contribution in [2.24, 2.45) is 0 Å². The minimum absolute atomic E-state index is 0.0241. The molecule has 4 aromatic rings. The van der Waals surface area contributed by atoms with Crippen LogP contribution in [0.5, 0.6) is 11.5 Å². The van der Waals surface area contributed by atoms with Crippen LogP contribution in [-0.4, -0.2) is 42.3 Å². The Morgan fingerprint density at radius 3 is 2.59 bits per heavy atom. The zero-order valence-electron chi connectivity index (χ0n) is 17.8. The number of amides is 1. The molecule has 11 heteroatoms. The molecule has 1 atom stereocenters. The quantitative estimate of drug-likeness (QED) is 0.404. The lowest BCUT2D eigenvalue weighted by Crippen LogP contribution is -2.45. The molecule has 1 aliphatic heterocycles.